The second-order valence-electron chi connectivity index (χ2n) is 4.03. The lowest BCUT2D eigenvalue weighted by atomic mass is 10.2. The molecule has 100 valence electrons. The Hall–Kier alpha value is -2.34. The number of oxazole rings is 1. The molecule has 1 aromatic heterocycles. The van der Waals surface area contributed by atoms with E-state index in [1.807, 2.05) is 12.1 Å². The number of fused-ring (bicyclic) bond motifs is 1. The van der Waals surface area contributed by atoms with E-state index < -0.39 is 5.97 Å². The Morgan fingerprint density at radius 1 is 1.25 bits per heavy atom. The third kappa shape index (κ3) is 2.50. The van der Waals surface area contributed by atoms with Crippen LogP contribution in [0.5, 0.6) is 11.8 Å². The monoisotopic (exact) mass is 333 g/mol. The van der Waals surface area contributed by atoms with E-state index in [2.05, 4.69) is 20.9 Å². The van der Waals surface area contributed by atoms with Crippen LogP contribution < -0.4 is 4.74 Å². The van der Waals surface area contributed by atoms with Crippen molar-refractivity contribution in [2.45, 2.75) is 0 Å². The Morgan fingerprint density at radius 3 is 2.85 bits per heavy atom. The predicted molar refractivity (Wildman–Crippen MR) is 75.2 cm³/mol. The lowest BCUT2D eigenvalue weighted by molar-refractivity contribution is 0.0697. The van der Waals surface area contributed by atoms with E-state index in [9.17, 15) is 4.79 Å². The molecule has 2 aromatic carbocycles. The number of carboxylic acid groups (broad SMARTS) is 1. The van der Waals surface area contributed by atoms with E-state index in [-0.39, 0.29) is 11.6 Å². The Kier molecular flexibility index (Phi) is 3.15. The maximum Gasteiger partial charge on any atom is 0.400 e. The van der Waals surface area contributed by atoms with Crippen molar-refractivity contribution in [1.82, 2.24) is 4.98 Å². The fourth-order valence-electron chi connectivity index (χ4n) is 1.71. The summed E-state index contributed by atoms with van der Waals surface area (Å²) in [6, 6.07) is 11.7. The predicted octanol–water partition coefficient (Wildman–Crippen LogP) is 4.08. The van der Waals surface area contributed by atoms with E-state index in [1.165, 1.54) is 12.1 Å². The minimum Gasteiger partial charge on any atom is -0.478 e. The molecule has 0 saturated heterocycles. The molecule has 6 heteroatoms. The largest absolute Gasteiger partial charge is 0.478 e. The second kappa shape index (κ2) is 4.97. The van der Waals surface area contributed by atoms with Crippen LogP contribution >= 0.6 is 15.9 Å². The summed E-state index contributed by atoms with van der Waals surface area (Å²) in [5, 5.41) is 8.92. The summed E-state index contributed by atoms with van der Waals surface area (Å²) in [6.45, 7) is 0. The van der Waals surface area contributed by atoms with Crippen molar-refractivity contribution in [2.75, 3.05) is 0 Å². The lowest BCUT2D eigenvalue weighted by Crippen LogP contribution is -1.94. The van der Waals surface area contributed by atoms with E-state index in [4.69, 9.17) is 14.3 Å². The molecule has 5 nitrogen and oxygen atoms in total. The van der Waals surface area contributed by atoms with Gasteiger partial charge in [0.1, 0.15) is 11.3 Å². The van der Waals surface area contributed by atoms with Crippen molar-refractivity contribution in [3.05, 3.63) is 52.5 Å². The number of benzene rings is 2. The first-order valence-electron chi connectivity index (χ1n) is 5.69. The zero-order valence-electron chi connectivity index (χ0n) is 10.0. The molecule has 3 rings (SSSR count). The molecule has 0 aliphatic rings. The van der Waals surface area contributed by atoms with Crippen molar-refractivity contribution < 1.29 is 19.1 Å². The molecule has 0 unspecified atom stereocenters. The minimum atomic E-state index is -1.02. The molecular formula is C14H8BrNO4. The fourth-order valence-corrected chi connectivity index (χ4v) is 2.09. The molecule has 20 heavy (non-hydrogen) atoms. The first-order valence-corrected chi connectivity index (χ1v) is 6.48. The number of halogens is 1. The van der Waals surface area contributed by atoms with Crippen LogP contribution in [0.1, 0.15) is 10.4 Å². The zero-order valence-corrected chi connectivity index (χ0v) is 11.6. The molecule has 1 heterocycles. The van der Waals surface area contributed by atoms with Gasteiger partial charge < -0.3 is 14.3 Å². The van der Waals surface area contributed by atoms with Crippen molar-refractivity contribution in [3.8, 4) is 11.8 Å². The molecule has 0 spiro atoms. The summed E-state index contributed by atoms with van der Waals surface area (Å²) in [4.78, 5) is 15.0. The number of aromatic carboxylic acids is 1. The summed E-state index contributed by atoms with van der Waals surface area (Å²) in [5.41, 5.74) is 1.05. The number of rotatable bonds is 3. The average molecular weight is 334 g/mol. The highest BCUT2D eigenvalue weighted by atomic mass is 79.9. The van der Waals surface area contributed by atoms with E-state index in [1.54, 1.807) is 18.2 Å². The van der Waals surface area contributed by atoms with E-state index in [0.29, 0.717) is 16.8 Å². The van der Waals surface area contributed by atoms with Gasteiger partial charge in [0.15, 0.2) is 5.58 Å². The molecular weight excluding hydrogens is 326 g/mol. The molecule has 0 bridgehead atoms. The van der Waals surface area contributed by atoms with E-state index in [0.717, 1.165) is 4.47 Å². The van der Waals surface area contributed by atoms with Gasteiger partial charge in [-0.1, -0.05) is 22.0 Å². The van der Waals surface area contributed by atoms with Crippen LogP contribution in [-0.4, -0.2) is 16.1 Å². The topological polar surface area (TPSA) is 72.6 Å². The Bertz CT molecular complexity index is 797. The molecule has 1 N–H and O–H groups in total. The van der Waals surface area contributed by atoms with Gasteiger partial charge in [-0.2, -0.15) is 4.98 Å². The highest BCUT2D eigenvalue weighted by molar-refractivity contribution is 9.10. The molecule has 0 atom stereocenters. The molecule has 0 fully saturated rings. The van der Waals surface area contributed by atoms with Crippen LogP contribution in [-0.2, 0) is 0 Å². The smallest absolute Gasteiger partial charge is 0.400 e. The number of hydrogen-bond acceptors (Lipinski definition) is 4. The Morgan fingerprint density at radius 2 is 2.10 bits per heavy atom. The quantitative estimate of drug-likeness (QED) is 0.781. The molecule has 0 amide bonds. The molecule has 3 aromatic rings. The molecule has 0 radical (unpaired) electrons. The summed E-state index contributed by atoms with van der Waals surface area (Å²) in [6.07, 6.45) is 0.0700. The minimum absolute atomic E-state index is 0.0700. The van der Waals surface area contributed by atoms with E-state index >= 15 is 0 Å². The van der Waals surface area contributed by atoms with Crippen molar-refractivity contribution >= 4 is 33.0 Å². The van der Waals surface area contributed by atoms with Crippen molar-refractivity contribution in [3.63, 3.8) is 0 Å². The van der Waals surface area contributed by atoms with Gasteiger partial charge in [-0.25, -0.2) is 4.79 Å². The first-order chi connectivity index (χ1) is 9.61. The standard InChI is InChI=1S/C14H8BrNO4/c15-9-2-1-3-10(7-9)19-14-16-11-5-4-8(13(17)18)6-12(11)20-14/h1-7H,(H,17,18). The highest BCUT2D eigenvalue weighted by Gasteiger charge is 2.11. The van der Waals surface area contributed by atoms with Crippen molar-refractivity contribution in [2.24, 2.45) is 0 Å². The fraction of sp³-hybridized carbons (Fsp3) is 0. The summed E-state index contributed by atoms with van der Waals surface area (Å²) < 4.78 is 11.8. The van der Waals surface area contributed by atoms with Crippen LogP contribution in [0, 0.1) is 0 Å². The van der Waals surface area contributed by atoms with Gasteiger partial charge in [0, 0.05) is 4.47 Å². The highest BCUT2D eigenvalue weighted by Crippen LogP contribution is 2.27. The number of aromatic nitrogens is 1. The van der Waals surface area contributed by atoms with Gasteiger partial charge in [-0.15, -0.1) is 0 Å². The van der Waals surface area contributed by atoms with Gasteiger partial charge in [0.2, 0.25) is 0 Å². The first kappa shape index (κ1) is 12.7. The Labute approximate surface area is 121 Å². The summed E-state index contributed by atoms with van der Waals surface area (Å²) >= 11 is 3.34. The maximum atomic E-state index is 10.9. The maximum absolute atomic E-state index is 10.9. The third-order valence-electron chi connectivity index (χ3n) is 2.62. The number of carbonyl (C=O) groups is 1. The lowest BCUT2D eigenvalue weighted by Gasteiger charge is -1.99. The number of hydrogen-bond donors (Lipinski definition) is 1. The Balaban J connectivity index is 1.95. The summed E-state index contributed by atoms with van der Waals surface area (Å²) in [5.74, 6) is -0.442. The van der Waals surface area contributed by atoms with Crippen LogP contribution in [0.2, 0.25) is 0 Å². The van der Waals surface area contributed by atoms with Gasteiger partial charge in [-0.3, -0.25) is 0 Å². The second-order valence-corrected chi connectivity index (χ2v) is 4.94. The molecule has 0 aliphatic heterocycles. The third-order valence-corrected chi connectivity index (χ3v) is 3.11. The number of carboxylic acids is 1. The van der Waals surface area contributed by atoms with Crippen LogP contribution in [0.4, 0.5) is 0 Å². The number of nitrogens with zero attached hydrogens (tertiary/aromatic N) is 1. The summed E-state index contributed by atoms with van der Waals surface area (Å²) in [7, 11) is 0. The van der Waals surface area contributed by atoms with Crippen LogP contribution in [0.25, 0.3) is 11.1 Å². The number of ether oxygens (including phenoxy) is 1. The van der Waals surface area contributed by atoms with Gasteiger partial charge in [0.25, 0.3) is 0 Å². The molecule has 0 saturated carbocycles. The van der Waals surface area contributed by atoms with Gasteiger partial charge in [-0.05, 0) is 36.4 Å². The van der Waals surface area contributed by atoms with Crippen molar-refractivity contribution in [1.29, 1.82) is 0 Å². The van der Waals surface area contributed by atoms with Crippen LogP contribution in [0.3, 0.4) is 0 Å². The molecule has 0 aliphatic carbocycles. The van der Waals surface area contributed by atoms with Crippen LogP contribution in [0.15, 0.2) is 51.4 Å². The SMILES string of the molecule is O=C(O)c1ccc2nc(Oc3cccc(Br)c3)oc2c1. The normalized spacial score (nSPS) is 10.7. The zero-order chi connectivity index (χ0) is 14.1. The van der Waals surface area contributed by atoms with Gasteiger partial charge in [0.05, 0.1) is 5.56 Å². The average Bonchev–Trinajstić information content (AvgIpc) is 2.79. The van der Waals surface area contributed by atoms with Gasteiger partial charge >= 0.3 is 12.0 Å².